The first-order chi connectivity index (χ1) is 25.3. The van der Waals surface area contributed by atoms with Crippen molar-refractivity contribution >= 4 is 65.7 Å². The normalized spacial score (nSPS) is 11.9. The van der Waals surface area contributed by atoms with Crippen LogP contribution in [0.25, 0.3) is 106 Å². The molecule has 4 heterocycles. The number of rotatable bonds is 4. The highest BCUT2D eigenvalue weighted by atomic mass is 16.3. The molecule has 0 radical (unpaired) electrons. The second-order valence-electron chi connectivity index (χ2n) is 12.8. The molecule has 51 heavy (non-hydrogen) atoms. The highest BCUT2D eigenvalue weighted by molar-refractivity contribution is 6.23. The fourth-order valence-corrected chi connectivity index (χ4v) is 7.58. The summed E-state index contributed by atoms with van der Waals surface area (Å²) in [5.74, 6) is 1.81. The highest BCUT2D eigenvalue weighted by Gasteiger charge is 2.20. The van der Waals surface area contributed by atoms with Gasteiger partial charge in [-0.1, -0.05) is 97.1 Å². The van der Waals surface area contributed by atoms with E-state index in [0.29, 0.717) is 17.5 Å². The second kappa shape index (κ2) is 10.7. The Morgan fingerprint density at radius 3 is 1.80 bits per heavy atom. The van der Waals surface area contributed by atoms with Gasteiger partial charge >= 0.3 is 0 Å². The van der Waals surface area contributed by atoms with Gasteiger partial charge in [-0.25, -0.2) is 15.0 Å². The Balaban J connectivity index is 1.09. The summed E-state index contributed by atoms with van der Waals surface area (Å²) >= 11 is 0. The van der Waals surface area contributed by atoms with Crippen LogP contribution in [0.4, 0.5) is 0 Å². The summed E-state index contributed by atoms with van der Waals surface area (Å²) in [4.78, 5) is 15.1. The van der Waals surface area contributed by atoms with Gasteiger partial charge in [0.2, 0.25) is 0 Å². The monoisotopic (exact) mass is 654 g/mol. The molecule has 11 rings (SSSR count). The summed E-state index contributed by atoms with van der Waals surface area (Å²) in [5, 5.41) is 6.52. The van der Waals surface area contributed by atoms with Crippen molar-refractivity contribution in [1.29, 1.82) is 0 Å². The number of para-hydroxylation sites is 3. The quantitative estimate of drug-likeness (QED) is 0.189. The number of benzene rings is 7. The summed E-state index contributed by atoms with van der Waals surface area (Å²) < 4.78 is 15.0. The predicted molar refractivity (Wildman–Crippen MR) is 205 cm³/mol. The van der Waals surface area contributed by atoms with Crippen LogP contribution in [0.1, 0.15) is 0 Å². The Labute approximate surface area is 290 Å². The van der Waals surface area contributed by atoms with E-state index in [9.17, 15) is 0 Å². The summed E-state index contributed by atoms with van der Waals surface area (Å²) in [5.41, 5.74) is 9.38. The van der Waals surface area contributed by atoms with Gasteiger partial charge in [0.05, 0.1) is 16.4 Å². The number of fused-ring (bicyclic) bond motifs is 10. The maximum Gasteiger partial charge on any atom is 0.164 e. The molecule has 4 aromatic heterocycles. The van der Waals surface area contributed by atoms with E-state index in [4.69, 9.17) is 23.8 Å². The Kier molecular flexibility index (Phi) is 5.86. The lowest BCUT2D eigenvalue weighted by molar-refractivity contribution is 0.669. The van der Waals surface area contributed by atoms with Crippen LogP contribution < -0.4 is 0 Å². The molecule has 0 saturated heterocycles. The summed E-state index contributed by atoms with van der Waals surface area (Å²) in [7, 11) is 0. The van der Waals surface area contributed by atoms with E-state index in [1.807, 2.05) is 72.8 Å². The third-order valence-corrected chi connectivity index (χ3v) is 9.87. The van der Waals surface area contributed by atoms with Gasteiger partial charge in [0.15, 0.2) is 17.5 Å². The molecule has 0 spiro atoms. The van der Waals surface area contributed by atoms with Gasteiger partial charge in [0.1, 0.15) is 22.3 Å². The topological polar surface area (TPSA) is 69.9 Å². The fraction of sp³-hybridized carbons (Fsp3) is 0. The highest BCUT2D eigenvalue weighted by Crippen LogP contribution is 2.41. The largest absolute Gasteiger partial charge is 0.456 e. The van der Waals surface area contributed by atoms with Crippen molar-refractivity contribution in [2.45, 2.75) is 0 Å². The fourth-order valence-electron chi connectivity index (χ4n) is 7.58. The zero-order valence-corrected chi connectivity index (χ0v) is 27.1. The lowest BCUT2D eigenvalue weighted by Crippen LogP contribution is -2.01. The van der Waals surface area contributed by atoms with E-state index in [1.165, 1.54) is 0 Å². The maximum absolute atomic E-state index is 6.50. The van der Waals surface area contributed by atoms with Crippen molar-refractivity contribution in [3.05, 3.63) is 158 Å². The molecule has 0 atom stereocenters. The van der Waals surface area contributed by atoms with Gasteiger partial charge in [-0.2, -0.15) is 0 Å². The molecular formula is C45H26N4O2. The zero-order chi connectivity index (χ0) is 33.5. The van der Waals surface area contributed by atoms with Gasteiger partial charge in [-0.05, 0) is 60.7 Å². The third-order valence-electron chi connectivity index (χ3n) is 9.87. The lowest BCUT2D eigenvalue weighted by Gasteiger charge is -2.11. The van der Waals surface area contributed by atoms with Crippen LogP contribution in [-0.4, -0.2) is 19.5 Å². The average molecular weight is 655 g/mol. The van der Waals surface area contributed by atoms with Crippen molar-refractivity contribution in [1.82, 2.24) is 19.5 Å². The van der Waals surface area contributed by atoms with Crippen LogP contribution in [-0.2, 0) is 0 Å². The van der Waals surface area contributed by atoms with Crippen LogP contribution in [0.5, 0.6) is 0 Å². The first kappa shape index (κ1) is 27.9. The SMILES string of the molecule is c1ccc(-c2nc(-c3ccc(-n4c5ccccc5c5c6oc7ccccc7c6ccc54)cc3)nc(-c3cccc4oc5ccccc5c34)n2)cc1. The van der Waals surface area contributed by atoms with Crippen molar-refractivity contribution in [2.24, 2.45) is 0 Å². The number of furan rings is 2. The molecular weight excluding hydrogens is 629 g/mol. The van der Waals surface area contributed by atoms with Crippen molar-refractivity contribution in [2.75, 3.05) is 0 Å². The van der Waals surface area contributed by atoms with Gasteiger partial charge in [-0.3, -0.25) is 0 Å². The van der Waals surface area contributed by atoms with Crippen LogP contribution in [0.3, 0.4) is 0 Å². The van der Waals surface area contributed by atoms with Crippen LogP contribution >= 0.6 is 0 Å². The molecule has 0 unspecified atom stereocenters. The molecule has 238 valence electrons. The van der Waals surface area contributed by atoms with E-state index in [1.54, 1.807) is 0 Å². The van der Waals surface area contributed by atoms with Gasteiger partial charge in [0.25, 0.3) is 0 Å². The first-order valence-corrected chi connectivity index (χ1v) is 16.9. The number of aromatic nitrogens is 4. The minimum absolute atomic E-state index is 0.595. The lowest BCUT2D eigenvalue weighted by atomic mass is 10.1. The zero-order valence-electron chi connectivity index (χ0n) is 27.1. The van der Waals surface area contributed by atoms with Gasteiger partial charge in [-0.15, -0.1) is 0 Å². The number of hydrogen-bond acceptors (Lipinski definition) is 5. The maximum atomic E-state index is 6.50. The van der Waals surface area contributed by atoms with Crippen molar-refractivity contribution in [3.8, 4) is 39.9 Å². The molecule has 0 amide bonds. The molecule has 11 aromatic rings. The van der Waals surface area contributed by atoms with E-state index >= 15 is 0 Å². The van der Waals surface area contributed by atoms with Crippen LogP contribution in [0, 0.1) is 0 Å². The second-order valence-corrected chi connectivity index (χ2v) is 12.8. The van der Waals surface area contributed by atoms with E-state index in [0.717, 1.165) is 88.1 Å². The first-order valence-electron chi connectivity index (χ1n) is 16.9. The Morgan fingerprint density at radius 2 is 1.00 bits per heavy atom. The molecule has 0 fully saturated rings. The summed E-state index contributed by atoms with van der Waals surface area (Å²) in [6.45, 7) is 0. The third kappa shape index (κ3) is 4.20. The average Bonchev–Trinajstić information content (AvgIpc) is 3.88. The molecule has 0 aliphatic heterocycles. The molecule has 0 saturated carbocycles. The molecule has 7 aromatic carbocycles. The minimum Gasteiger partial charge on any atom is -0.456 e. The van der Waals surface area contributed by atoms with Crippen LogP contribution in [0.15, 0.2) is 167 Å². The molecule has 0 aliphatic rings. The Morgan fingerprint density at radius 1 is 0.373 bits per heavy atom. The van der Waals surface area contributed by atoms with Crippen molar-refractivity contribution in [3.63, 3.8) is 0 Å². The summed E-state index contributed by atoms with van der Waals surface area (Å²) in [6.07, 6.45) is 0. The minimum atomic E-state index is 0.595. The van der Waals surface area contributed by atoms with Crippen LogP contribution in [0.2, 0.25) is 0 Å². The van der Waals surface area contributed by atoms with E-state index in [2.05, 4.69) is 89.5 Å². The van der Waals surface area contributed by atoms with E-state index in [-0.39, 0.29) is 0 Å². The van der Waals surface area contributed by atoms with E-state index < -0.39 is 0 Å². The molecule has 0 bridgehead atoms. The Hall–Kier alpha value is -7.05. The standard InChI is InChI=1S/C45H26N4O2/c1-2-11-27(12-3-1)43-46-44(48-45(47-43)34-16-10-20-39-40(34)33-15-6-9-19-38(33)50-39)28-21-23-29(24-22-28)49-35-17-7-4-14-32(35)41-36(49)26-25-31-30-13-5-8-18-37(30)51-42(31)41/h1-26H. The molecule has 6 heteroatoms. The van der Waals surface area contributed by atoms with Gasteiger partial charge in [0, 0.05) is 49.3 Å². The molecule has 6 nitrogen and oxygen atoms in total. The Bertz CT molecular complexity index is 3140. The van der Waals surface area contributed by atoms with Gasteiger partial charge < -0.3 is 13.4 Å². The summed E-state index contributed by atoms with van der Waals surface area (Å²) in [6, 6.07) is 53.8. The molecule has 0 N–H and O–H groups in total. The number of nitrogens with zero attached hydrogens (tertiary/aromatic N) is 4. The molecule has 0 aliphatic carbocycles. The predicted octanol–water partition coefficient (Wildman–Crippen LogP) is 11.8. The smallest absolute Gasteiger partial charge is 0.164 e. The number of hydrogen-bond donors (Lipinski definition) is 0. The van der Waals surface area contributed by atoms with Crippen molar-refractivity contribution < 1.29 is 8.83 Å².